The summed E-state index contributed by atoms with van der Waals surface area (Å²) in [4.78, 5) is 14.3. The van der Waals surface area contributed by atoms with Gasteiger partial charge in [0.1, 0.15) is 30.5 Å². The minimum absolute atomic E-state index is 0.0755. The van der Waals surface area contributed by atoms with Crippen LogP contribution in [0.5, 0.6) is 0 Å². The molecule has 3 rings (SSSR count). The lowest BCUT2D eigenvalue weighted by Gasteiger charge is -2.38. The molecule has 1 aliphatic rings. The fraction of sp³-hybridized carbons (Fsp3) is 0.429. The molecule has 0 spiro atoms. The van der Waals surface area contributed by atoms with E-state index in [-0.39, 0.29) is 17.3 Å². The van der Waals surface area contributed by atoms with Crippen LogP contribution in [0.1, 0.15) is 11.9 Å². The molecule has 1 aliphatic heterocycles. The van der Waals surface area contributed by atoms with Gasteiger partial charge in [0.15, 0.2) is 11.6 Å². The third-order valence-corrected chi connectivity index (χ3v) is 4.00. The van der Waals surface area contributed by atoms with E-state index < -0.39 is 42.1 Å². The Balaban J connectivity index is 1.84. The molecule has 5 atom stereocenters. The monoisotopic (exact) mass is 352 g/mol. The van der Waals surface area contributed by atoms with Gasteiger partial charge in [-0.3, -0.25) is 15.2 Å². The van der Waals surface area contributed by atoms with Gasteiger partial charge >= 0.3 is 0 Å². The summed E-state index contributed by atoms with van der Waals surface area (Å²) in [7, 11) is 0. The first-order valence-corrected chi connectivity index (χ1v) is 7.40. The van der Waals surface area contributed by atoms with E-state index in [1.807, 2.05) is 0 Å². The SMILES string of the molecule is O=[N+]([O-])c1ccc(-c2n[nH]c([C@@H]3OC(CO)[C@@H](O)C(O)C3O)n2)cc1. The Morgan fingerprint density at radius 2 is 1.84 bits per heavy atom. The number of nitro groups is 1. The van der Waals surface area contributed by atoms with Gasteiger partial charge in [0.05, 0.1) is 11.5 Å². The first-order valence-electron chi connectivity index (χ1n) is 7.40. The number of ether oxygens (including phenoxy) is 1. The highest BCUT2D eigenvalue weighted by Gasteiger charge is 2.45. The zero-order valence-corrected chi connectivity index (χ0v) is 12.8. The number of rotatable bonds is 4. The molecule has 2 heterocycles. The van der Waals surface area contributed by atoms with Crippen molar-refractivity contribution in [3.63, 3.8) is 0 Å². The second-order valence-electron chi connectivity index (χ2n) is 5.60. The summed E-state index contributed by atoms with van der Waals surface area (Å²) in [6.45, 7) is -0.551. The first-order chi connectivity index (χ1) is 11.9. The highest BCUT2D eigenvalue weighted by Crippen LogP contribution is 2.31. The van der Waals surface area contributed by atoms with Crippen molar-refractivity contribution in [2.45, 2.75) is 30.5 Å². The van der Waals surface area contributed by atoms with Crippen molar-refractivity contribution in [2.75, 3.05) is 6.61 Å². The van der Waals surface area contributed by atoms with E-state index in [2.05, 4.69) is 15.2 Å². The highest BCUT2D eigenvalue weighted by molar-refractivity contribution is 5.56. The van der Waals surface area contributed by atoms with Crippen LogP contribution in [0, 0.1) is 10.1 Å². The van der Waals surface area contributed by atoms with E-state index in [0.29, 0.717) is 5.56 Å². The predicted molar refractivity (Wildman–Crippen MR) is 81.2 cm³/mol. The van der Waals surface area contributed by atoms with Crippen LogP contribution in [0.2, 0.25) is 0 Å². The maximum atomic E-state index is 10.7. The second-order valence-corrected chi connectivity index (χ2v) is 5.60. The summed E-state index contributed by atoms with van der Waals surface area (Å²) in [6.07, 6.45) is -6.65. The van der Waals surface area contributed by atoms with Gasteiger partial charge in [0.2, 0.25) is 0 Å². The van der Waals surface area contributed by atoms with Crippen molar-refractivity contribution in [2.24, 2.45) is 0 Å². The Morgan fingerprint density at radius 3 is 2.44 bits per heavy atom. The van der Waals surface area contributed by atoms with Crippen molar-refractivity contribution in [1.29, 1.82) is 0 Å². The lowest BCUT2D eigenvalue weighted by atomic mass is 9.95. The molecule has 1 aromatic carbocycles. The number of nitrogens with zero attached hydrogens (tertiary/aromatic N) is 3. The fourth-order valence-electron chi connectivity index (χ4n) is 2.59. The van der Waals surface area contributed by atoms with Crippen molar-refractivity contribution in [3.8, 4) is 11.4 Å². The number of aliphatic hydroxyl groups excluding tert-OH is 4. The van der Waals surface area contributed by atoms with Crippen LogP contribution >= 0.6 is 0 Å². The largest absolute Gasteiger partial charge is 0.394 e. The number of nitrogens with one attached hydrogen (secondary N) is 1. The summed E-state index contributed by atoms with van der Waals surface area (Å²) in [5, 5.41) is 56.1. The Labute approximate surface area is 140 Å². The molecule has 3 unspecified atom stereocenters. The van der Waals surface area contributed by atoms with E-state index in [0.717, 1.165) is 0 Å². The first kappa shape index (κ1) is 17.4. The summed E-state index contributed by atoms with van der Waals surface area (Å²) >= 11 is 0. The van der Waals surface area contributed by atoms with Gasteiger partial charge in [0.25, 0.3) is 5.69 Å². The molecule has 0 bridgehead atoms. The van der Waals surface area contributed by atoms with Gasteiger partial charge in [-0.05, 0) is 12.1 Å². The Morgan fingerprint density at radius 1 is 1.16 bits per heavy atom. The zero-order valence-electron chi connectivity index (χ0n) is 12.8. The van der Waals surface area contributed by atoms with Crippen molar-refractivity contribution >= 4 is 5.69 Å². The van der Waals surface area contributed by atoms with Crippen LogP contribution in [0.25, 0.3) is 11.4 Å². The smallest absolute Gasteiger partial charge is 0.269 e. The molecule has 25 heavy (non-hydrogen) atoms. The number of hydrogen-bond donors (Lipinski definition) is 5. The third kappa shape index (κ3) is 3.23. The number of aromatic amines is 1. The molecule has 0 saturated carbocycles. The van der Waals surface area contributed by atoms with Crippen LogP contribution in [0.4, 0.5) is 5.69 Å². The standard InChI is InChI=1S/C14H16N4O7/c19-5-8-9(20)10(21)11(22)12(25-8)14-15-13(16-17-14)6-1-3-7(4-2-6)18(23)24/h1-4,8-12,19-22H,5H2,(H,15,16,17)/t8?,9-,10?,11?,12-/m1/s1. The molecular weight excluding hydrogens is 336 g/mol. The third-order valence-electron chi connectivity index (χ3n) is 4.00. The number of benzene rings is 1. The average molecular weight is 352 g/mol. The zero-order chi connectivity index (χ0) is 18.1. The van der Waals surface area contributed by atoms with Crippen LogP contribution < -0.4 is 0 Å². The number of nitro benzene ring substituents is 1. The van der Waals surface area contributed by atoms with Crippen LogP contribution in [-0.4, -0.2) is 71.6 Å². The molecule has 5 N–H and O–H groups in total. The van der Waals surface area contributed by atoms with Gasteiger partial charge in [-0.2, -0.15) is 5.10 Å². The number of aromatic nitrogens is 3. The van der Waals surface area contributed by atoms with Crippen molar-refractivity contribution < 1.29 is 30.1 Å². The Hall–Kier alpha value is -2.44. The van der Waals surface area contributed by atoms with E-state index in [1.54, 1.807) is 0 Å². The summed E-state index contributed by atoms with van der Waals surface area (Å²) in [5.41, 5.74) is 0.422. The van der Waals surface area contributed by atoms with Gasteiger partial charge in [-0.25, -0.2) is 4.98 Å². The minimum Gasteiger partial charge on any atom is -0.394 e. The Bertz CT molecular complexity index is 748. The Kier molecular flexibility index (Phi) is 4.74. The summed E-state index contributed by atoms with van der Waals surface area (Å²) < 4.78 is 5.38. The predicted octanol–water partition coefficient (Wildman–Crippen LogP) is -1.11. The number of non-ortho nitro benzene ring substituents is 1. The molecule has 0 radical (unpaired) electrons. The van der Waals surface area contributed by atoms with Crippen molar-refractivity contribution in [1.82, 2.24) is 15.2 Å². The van der Waals surface area contributed by atoms with E-state index in [1.165, 1.54) is 24.3 Å². The molecule has 0 amide bonds. The van der Waals surface area contributed by atoms with Gasteiger partial charge in [-0.15, -0.1) is 0 Å². The molecule has 134 valence electrons. The molecule has 1 saturated heterocycles. The molecule has 1 fully saturated rings. The van der Waals surface area contributed by atoms with Crippen LogP contribution in [0.15, 0.2) is 24.3 Å². The topological polar surface area (TPSA) is 175 Å². The molecule has 1 aromatic heterocycles. The number of hydrogen-bond acceptors (Lipinski definition) is 9. The van der Waals surface area contributed by atoms with Gasteiger partial charge < -0.3 is 25.2 Å². The summed E-state index contributed by atoms with van der Waals surface area (Å²) in [5.74, 6) is 0.298. The van der Waals surface area contributed by atoms with Gasteiger partial charge in [0, 0.05) is 17.7 Å². The lowest BCUT2D eigenvalue weighted by Crippen LogP contribution is -2.55. The maximum Gasteiger partial charge on any atom is 0.269 e. The minimum atomic E-state index is -1.52. The van der Waals surface area contributed by atoms with E-state index in [9.17, 15) is 30.5 Å². The maximum absolute atomic E-state index is 10.7. The molecule has 11 heteroatoms. The average Bonchev–Trinajstić information content (AvgIpc) is 3.10. The second kappa shape index (κ2) is 6.82. The van der Waals surface area contributed by atoms with Gasteiger partial charge in [-0.1, -0.05) is 0 Å². The van der Waals surface area contributed by atoms with Crippen molar-refractivity contribution in [3.05, 3.63) is 40.2 Å². The van der Waals surface area contributed by atoms with E-state index in [4.69, 9.17) is 4.74 Å². The summed E-state index contributed by atoms with van der Waals surface area (Å²) in [6, 6.07) is 5.55. The van der Waals surface area contributed by atoms with E-state index >= 15 is 0 Å². The lowest BCUT2D eigenvalue weighted by molar-refractivity contribution is -0.384. The molecule has 0 aliphatic carbocycles. The molecule has 2 aromatic rings. The fourth-order valence-corrected chi connectivity index (χ4v) is 2.59. The molecular formula is C14H16N4O7. The van der Waals surface area contributed by atoms with Crippen LogP contribution in [-0.2, 0) is 4.74 Å². The number of H-pyrrole nitrogens is 1. The van der Waals surface area contributed by atoms with Crippen LogP contribution in [0.3, 0.4) is 0 Å². The molecule has 11 nitrogen and oxygen atoms in total. The number of aliphatic hydroxyl groups is 4. The highest BCUT2D eigenvalue weighted by atomic mass is 16.6. The quantitative estimate of drug-likeness (QED) is 0.337. The normalized spacial score (nSPS) is 29.5.